The molecule has 0 bridgehead atoms. The molecule has 1 rings (SSSR count). The van der Waals surface area contributed by atoms with Gasteiger partial charge in [-0.3, -0.25) is 13.6 Å². The minimum Gasteiger partial charge on any atom is -0.287 e. The van der Waals surface area contributed by atoms with Gasteiger partial charge in [-0.2, -0.15) is 0 Å². The van der Waals surface area contributed by atoms with Gasteiger partial charge in [-0.1, -0.05) is 30.3 Å². The van der Waals surface area contributed by atoms with Crippen LogP contribution in [0.5, 0.6) is 0 Å². The van der Waals surface area contributed by atoms with Gasteiger partial charge in [0.05, 0.1) is 13.2 Å². The Hall–Kier alpha value is -0.810. The zero-order chi connectivity index (χ0) is 14.3. The Bertz CT molecular complexity index is 403. The number of benzene rings is 1. The molecule has 1 aromatic rings. The van der Waals surface area contributed by atoms with E-state index in [-0.39, 0.29) is 18.8 Å². The lowest BCUT2D eigenvalue weighted by Gasteiger charge is -2.23. The highest BCUT2D eigenvalue weighted by atomic mass is 31.2. The predicted octanol–water partition coefficient (Wildman–Crippen LogP) is 4.19. The number of rotatable bonds is 8. The zero-order valence-corrected chi connectivity index (χ0v) is 11.7. The van der Waals surface area contributed by atoms with Gasteiger partial charge in [0, 0.05) is 0 Å². The van der Waals surface area contributed by atoms with Crippen LogP contribution < -0.4 is 0 Å². The van der Waals surface area contributed by atoms with Crippen molar-refractivity contribution >= 4 is 7.82 Å². The summed E-state index contributed by atoms with van der Waals surface area (Å²) in [4.78, 5) is 0. The van der Waals surface area contributed by atoms with Crippen LogP contribution in [0.4, 0.5) is 8.78 Å². The van der Waals surface area contributed by atoms with Crippen LogP contribution in [0.2, 0.25) is 0 Å². The van der Waals surface area contributed by atoms with Crippen LogP contribution in [0, 0.1) is 0 Å². The fourth-order valence-electron chi connectivity index (χ4n) is 1.45. The van der Waals surface area contributed by atoms with E-state index in [1.807, 2.05) is 0 Å². The lowest BCUT2D eigenvalue weighted by molar-refractivity contribution is -0.0173. The first-order valence-electron chi connectivity index (χ1n) is 5.93. The number of halogens is 2. The number of hydrogen-bond acceptors (Lipinski definition) is 4. The van der Waals surface area contributed by atoms with Crippen LogP contribution in [0.3, 0.4) is 0 Å². The van der Waals surface area contributed by atoms with Gasteiger partial charge < -0.3 is 0 Å². The van der Waals surface area contributed by atoms with Gasteiger partial charge in [0.2, 0.25) is 0 Å². The topological polar surface area (TPSA) is 44.8 Å². The Morgan fingerprint density at radius 1 is 1.11 bits per heavy atom. The molecular formula is C12H17F2O4P. The van der Waals surface area contributed by atoms with Gasteiger partial charge in [-0.25, -0.2) is 13.3 Å². The molecule has 0 unspecified atom stereocenters. The molecule has 0 amide bonds. The molecule has 0 radical (unpaired) electrons. The largest absolute Gasteiger partial charge is 0.475 e. The molecule has 7 heteroatoms. The Kier molecular flexibility index (Phi) is 6.58. The first-order valence-corrected chi connectivity index (χ1v) is 7.39. The van der Waals surface area contributed by atoms with Gasteiger partial charge in [0.25, 0.3) is 6.43 Å². The zero-order valence-electron chi connectivity index (χ0n) is 10.8. The molecule has 0 aromatic heterocycles. The van der Waals surface area contributed by atoms with E-state index in [4.69, 9.17) is 13.6 Å². The van der Waals surface area contributed by atoms with E-state index in [1.54, 1.807) is 32.0 Å². The summed E-state index contributed by atoms with van der Waals surface area (Å²) in [5.41, 5.74) is 0.220. The van der Waals surface area contributed by atoms with Crippen LogP contribution in [-0.2, 0) is 18.1 Å². The van der Waals surface area contributed by atoms with Crippen LogP contribution in [0.1, 0.15) is 25.5 Å². The molecule has 1 atom stereocenters. The molecule has 1 aromatic carbocycles. The molecule has 108 valence electrons. The number of alkyl halides is 2. The molecule has 0 N–H and O–H groups in total. The van der Waals surface area contributed by atoms with Crippen molar-refractivity contribution in [3.63, 3.8) is 0 Å². The maximum atomic E-state index is 13.0. The fourth-order valence-corrected chi connectivity index (χ4v) is 2.77. The monoisotopic (exact) mass is 294 g/mol. The van der Waals surface area contributed by atoms with E-state index in [0.717, 1.165) is 0 Å². The summed E-state index contributed by atoms with van der Waals surface area (Å²) in [5, 5.41) is 0. The third kappa shape index (κ3) is 4.99. The van der Waals surface area contributed by atoms with E-state index in [2.05, 4.69) is 0 Å². The fraction of sp³-hybridized carbons (Fsp3) is 0.500. The van der Waals surface area contributed by atoms with Crippen LogP contribution >= 0.6 is 7.82 Å². The lowest BCUT2D eigenvalue weighted by atomic mass is 10.1. The minimum absolute atomic E-state index is 0.0437. The first kappa shape index (κ1) is 16.2. The molecule has 0 fully saturated rings. The summed E-state index contributed by atoms with van der Waals surface area (Å²) < 4.78 is 52.8. The summed E-state index contributed by atoms with van der Waals surface area (Å²) in [5.74, 6) is 0. The maximum Gasteiger partial charge on any atom is 0.475 e. The number of hydrogen-bond donors (Lipinski definition) is 0. The van der Waals surface area contributed by atoms with Crippen molar-refractivity contribution in [2.45, 2.75) is 26.4 Å². The Morgan fingerprint density at radius 2 is 1.63 bits per heavy atom. The summed E-state index contributed by atoms with van der Waals surface area (Å²) in [6, 6.07) is 7.83. The van der Waals surface area contributed by atoms with Gasteiger partial charge in [0.1, 0.15) is 0 Å². The Morgan fingerprint density at radius 3 is 2.05 bits per heavy atom. The van der Waals surface area contributed by atoms with Crippen molar-refractivity contribution in [2.75, 3.05) is 13.2 Å². The molecule has 0 saturated carbocycles. The van der Waals surface area contributed by atoms with Crippen LogP contribution in [0.15, 0.2) is 30.3 Å². The second-order valence-electron chi connectivity index (χ2n) is 3.55. The summed E-state index contributed by atoms with van der Waals surface area (Å²) in [6.07, 6.45) is -4.48. The van der Waals surface area contributed by atoms with E-state index in [1.165, 1.54) is 12.1 Å². The normalized spacial score (nSPS) is 13.7. The highest BCUT2D eigenvalue weighted by molar-refractivity contribution is 7.48. The van der Waals surface area contributed by atoms with Crippen LogP contribution in [0.25, 0.3) is 0 Å². The highest BCUT2D eigenvalue weighted by Crippen LogP contribution is 2.53. The average Bonchev–Trinajstić information content (AvgIpc) is 2.37. The quantitative estimate of drug-likeness (QED) is 0.674. The van der Waals surface area contributed by atoms with Crippen molar-refractivity contribution in [3.8, 4) is 0 Å². The minimum atomic E-state index is -3.97. The van der Waals surface area contributed by atoms with E-state index in [9.17, 15) is 13.3 Å². The van der Waals surface area contributed by atoms with Crippen LogP contribution in [-0.4, -0.2) is 19.6 Å². The standard InChI is InChI=1S/C12H17F2O4P/c1-3-16-19(15,17-4-2)18-11(12(13)14)10-8-6-5-7-9-10/h5-9,11-12H,3-4H2,1-2H3/t11-/m0/s1. The van der Waals surface area contributed by atoms with Crippen molar-refractivity contribution in [2.24, 2.45) is 0 Å². The van der Waals surface area contributed by atoms with E-state index < -0.39 is 20.4 Å². The summed E-state index contributed by atoms with van der Waals surface area (Å²) in [6.45, 7) is 3.24. The number of phosphoric acid groups is 1. The second kappa shape index (κ2) is 7.70. The van der Waals surface area contributed by atoms with Gasteiger partial charge in [-0.15, -0.1) is 0 Å². The van der Waals surface area contributed by atoms with Crippen molar-refractivity contribution in [1.82, 2.24) is 0 Å². The van der Waals surface area contributed by atoms with Crippen molar-refractivity contribution in [1.29, 1.82) is 0 Å². The SMILES string of the molecule is CCOP(=O)(OCC)O[C@@H](c1ccccc1)C(F)F. The first-order chi connectivity index (χ1) is 9.02. The van der Waals surface area contributed by atoms with Gasteiger partial charge in [0.15, 0.2) is 6.10 Å². The Balaban J connectivity index is 2.92. The molecule has 0 aliphatic carbocycles. The molecule has 0 aliphatic rings. The smallest absolute Gasteiger partial charge is 0.287 e. The molecular weight excluding hydrogens is 277 g/mol. The molecule has 0 saturated heterocycles. The number of phosphoric ester groups is 1. The molecule has 0 spiro atoms. The molecule has 0 heterocycles. The third-order valence-electron chi connectivity index (χ3n) is 2.17. The van der Waals surface area contributed by atoms with Crippen molar-refractivity contribution in [3.05, 3.63) is 35.9 Å². The van der Waals surface area contributed by atoms with Gasteiger partial charge in [-0.05, 0) is 19.4 Å². The summed E-state index contributed by atoms with van der Waals surface area (Å²) >= 11 is 0. The molecule has 4 nitrogen and oxygen atoms in total. The van der Waals surface area contributed by atoms with E-state index >= 15 is 0 Å². The van der Waals surface area contributed by atoms with Crippen molar-refractivity contribution < 1.29 is 26.9 Å². The molecule has 19 heavy (non-hydrogen) atoms. The predicted molar refractivity (Wildman–Crippen MR) is 67.1 cm³/mol. The Labute approximate surface area is 111 Å². The average molecular weight is 294 g/mol. The second-order valence-corrected chi connectivity index (χ2v) is 5.18. The molecule has 0 aliphatic heterocycles. The lowest BCUT2D eigenvalue weighted by Crippen LogP contribution is -2.14. The van der Waals surface area contributed by atoms with Gasteiger partial charge >= 0.3 is 7.82 Å². The highest BCUT2D eigenvalue weighted by Gasteiger charge is 2.35. The maximum absolute atomic E-state index is 13.0. The third-order valence-corrected chi connectivity index (χ3v) is 3.81. The van der Waals surface area contributed by atoms with E-state index in [0.29, 0.717) is 0 Å². The summed E-state index contributed by atoms with van der Waals surface area (Å²) in [7, 11) is -3.97.